The van der Waals surface area contributed by atoms with Crippen molar-refractivity contribution in [2.45, 2.75) is 18.4 Å². The zero-order valence-corrected chi connectivity index (χ0v) is 17.5. The van der Waals surface area contributed by atoms with Crippen LogP contribution >= 0.6 is 7.81 Å². The summed E-state index contributed by atoms with van der Waals surface area (Å²) in [5.74, 6) is 2.35. The second-order valence-electron chi connectivity index (χ2n) is 6.42. The molecular formula is C20H19F6O2PS. The predicted octanol–water partition coefficient (Wildman–Crippen LogP) is 7.66. The van der Waals surface area contributed by atoms with Gasteiger partial charge in [-0.1, -0.05) is 48.5 Å². The Bertz CT molecular complexity index is 1010. The molecule has 0 aromatic heterocycles. The van der Waals surface area contributed by atoms with Crippen LogP contribution in [-0.4, -0.2) is 5.97 Å². The Hall–Kier alpha value is -2.25. The standard InChI is InChI=1S/C20H18O2S.F6P/c1-15(21)22-20-10-7-16(8-11-20)13-23-14-17-6-9-18-4-2-3-5-19(18)12-17;1-7(2,3,4,5)6/h2-12H,13-14H2,1H3;/q;-1/p+1. The monoisotopic (exact) mass is 468 g/mol. The van der Waals surface area contributed by atoms with E-state index in [0.717, 1.165) is 11.5 Å². The van der Waals surface area contributed by atoms with E-state index in [0.29, 0.717) is 5.75 Å². The van der Waals surface area contributed by atoms with Crippen LogP contribution in [0.15, 0.2) is 66.7 Å². The normalized spacial score (nSPS) is 13.6. The average Bonchev–Trinajstić information content (AvgIpc) is 2.60. The van der Waals surface area contributed by atoms with Gasteiger partial charge in [0, 0.05) is 18.1 Å². The summed E-state index contributed by atoms with van der Waals surface area (Å²) >= 11 is 1.36. The summed E-state index contributed by atoms with van der Waals surface area (Å²) in [5.41, 5.74) is 2.62. The number of hydrogen-bond acceptors (Lipinski definition) is 2. The van der Waals surface area contributed by atoms with Crippen LogP contribution in [0.2, 0.25) is 0 Å². The van der Waals surface area contributed by atoms with Crippen LogP contribution in [0.25, 0.3) is 10.8 Å². The van der Waals surface area contributed by atoms with Crippen LogP contribution in [-0.2, 0) is 28.1 Å². The molecule has 0 saturated carbocycles. The Morgan fingerprint density at radius 2 is 1.30 bits per heavy atom. The molecule has 2 nitrogen and oxygen atoms in total. The molecule has 10 heteroatoms. The van der Waals surface area contributed by atoms with Gasteiger partial charge in [0.25, 0.3) is 0 Å². The molecule has 0 spiro atoms. The maximum atomic E-state index is 10.9. The molecule has 0 fully saturated rings. The Kier molecular flexibility index (Phi) is 6.79. The van der Waals surface area contributed by atoms with Crippen molar-refractivity contribution in [3.05, 3.63) is 77.9 Å². The van der Waals surface area contributed by atoms with Crippen LogP contribution in [0.5, 0.6) is 5.75 Å². The summed E-state index contributed by atoms with van der Waals surface area (Å²) in [5, 5.41) is 2.58. The van der Waals surface area contributed by atoms with E-state index in [-0.39, 0.29) is 5.97 Å². The number of rotatable bonds is 5. The molecule has 0 radical (unpaired) electrons. The van der Waals surface area contributed by atoms with E-state index in [1.54, 1.807) is 0 Å². The van der Waals surface area contributed by atoms with Crippen LogP contribution in [0.4, 0.5) is 25.2 Å². The topological polar surface area (TPSA) is 26.3 Å². The van der Waals surface area contributed by atoms with E-state index in [9.17, 15) is 30.0 Å². The predicted molar refractivity (Wildman–Crippen MR) is 111 cm³/mol. The quantitative estimate of drug-likeness (QED) is 0.0960. The van der Waals surface area contributed by atoms with Gasteiger partial charge in [-0.05, 0) is 40.7 Å². The summed E-state index contributed by atoms with van der Waals surface area (Å²) in [6.45, 7) is 1.41. The first kappa shape index (κ1) is 24.0. The van der Waals surface area contributed by atoms with Crippen molar-refractivity contribution in [3.8, 4) is 5.75 Å². The van der Waals surface area contributed by atoms with Gasteiger partial charge in [-0.2, -0.15) is 0 Å². The second-order valence-corrected chi connectivity index (χ2v) is 9.41. The van der Waals surface area contributed by atoms with Gasteiger partial charge in [-0.25, -0.2) is 0 Å². The van der Waals surface area contributed by atoms with Crippen LogP contribution < -0.4 is 4.74 Å². The van der Waals surface area contributed by atoms with Gasteiger partial charge in [0.05, 0.1) is 0 Å². The van der Waals surface area contributed by atoms with E-state index in [2.05, 4.69) is 42.5 Å². The molecule has 0 amide bonds. The third kappa shape index (κ3) is 11.1. The molecule has 3 rings (SSSR count). The number of carbonyl (C=O) groups is 1. The molecule has 0 heterocycles. The van der Waals surface area contributed by atoms with Gasteiger partial charge in [0.2, 0.25) is 0 Å². The van der Waals surface area contributed by atoms with Crippen LogP contribution in [0.3, 0.4) is 0 Å². The molecule has 0 aliphatic rings. The van der Waals surface area contributed by atoms with Gasteiger partial charge in [-0.15, -0.1) is 0 Å². The van der Waals surface area contributed by atoms with Gasteiger partial charge in [0.1, 0.15) is 17.3 Å². The number of ether oxygens (including phenoxy) is 1. The second kappa shape index (κ2) is 8.47. The van der Waals surface area contributed by atoms with Crippen molar-refractivity contribution in [1.82, 2.24) is 0 Å². The fourth-order valence-electron chi connectivity index (χ4n) is 2.48. The molecular weight excluding hydrogens is 449 g/mol. The number of fused-ring (bicyclic) bond motifs is 1. The van der Waals surface area contributed by atoms with E-state index >= 15 is 0 Å². The van der Waals surface area contributed by atoms with E-state index in [1.807, 2.05) is 24.3 Å². The van der Waals surface area contributed by atoms with Crippen molar-refractivity contribution >= 4 is 36.3 Å². The Morgan fingerprint density at radius 3 is 1.87 bits per heavy atom. The molecule has 0 unspecified atom stereocenters. The molecule has 3 aromatic carbocycles. The zero-order chi connectivity index (χ0) is 22.5. The fourth-order valence-corrected chi connectivity index (χ4v) is 3.52. The number of halogens is 6. The first-order valence-electron chi connectivity index (χ1n) is 8.60. The summed E-state index contributed by atoms with van der Waals surface area (Å²) in [6, 6.07) is 22.8. The van der Waals surface area contributed by atoms with E-state index in [4.69, 9.17) is 4.74 Å². The molecule has 30 heavy (non-hydrogen) atoms. The molecule has 0 aliphatic carbocycles. The van der Waals surface area contributed by atoms with E-state index in [1.165, 1.54) is 40.6 Å². The summed E-state index contributed by atoms with van der Waals surface area (Å²) in [7, 11) is -10.7. The van der Waals surface area contributed by atoms with Crippen molar-refractivity contribution in [3.63, 3.8) is 0 Å². The first-order chi connectivity index (χ1) is 13.7. The zero-order valence-electron chi connectivity index (χ0n) is 15.7. The SMILES string of the molecule is CC(=O)Oc1ccc(C[SH+]Cc2ccc3ccccc3c2)cc1.F[P-](F)(F)(F)(F)F. The third-order valence-electron chi connectivity index (χ3n) is 3.59. The molecule has 164 valence electrons. The van der Waals surface area contributed by atoms with Crippen molar-refractivity contribution in [2.24, 2.45) is 0 Å². The molecule has 3 aromatic rings. The number of carbonyl (C=O) groups excluding carboxylic acids is 1. The molecule has 0 atom stereocenters. The molecule has 0 bridgehead atoms. The van der Waals surface area contributed by atoms with Crippen molar-refractivity contribution < 1.29 is 34.7 Å². The Balaban J connectivity index is 0.000000396. The minimum atomic E-state index is -10.7. The van der Waals surface area contributed by atoms with Crippen LogP contribution in [0, 0.1) is 0 Å². The first-order valence-corrected chi connectivity index (χ1v) is 11.9. The molecule has 0 saturated heterocycles. The number of hydrogen-bond donors (Lipinski definition) is 0. The number of benzene rings is 3. The molecule has 0 N–H and O–H groups in total. The van der Waals surface area contributed by atoms with Gasteiger partial charge < -0.3 is 4.74 Å². The Labute approximate surface area is 173 Å². The average molecular weight is 468 g/mol. The van der Waals surface area contributed by atoms with Gasteiger partial charge in [-0.3, -0.25) is 4.79 Å². The summed E-state index contributed by atoms with van der Waals surface area (Å²) in [6.07, 6.45) is 0. The maximum absolute atomic E-state index is 10.9. The third-order valence-corrected chi connectivity index (χ3v) is 4.77. The van der Waals surface area contributed by atoms with Crippen molar-refractivity contribution in [1.29, 1.82) is 0 Å². The van der Waals surface area contributed by atoms with Crippen LogP contribution in [0.1, 0.15) is 18.1 Å². The molecule has 0 aliphatic heterocycles. The number of esters is 1. The van der Waals surface area contributed by atoms with E-state index < -0.39 is 7.81 Å². The van der Waals surface area contributed by atoms with Crippen molar-refractivity contribution in [2.75, 3.05) is 0 Å². The minimum absolute atomic E-state index is 0.285. The number of thiol groups is 1. The van der Waals surface area contributed by atoms with Gasteiger partial charge in [0.15, 0.2) is 0 Å². The summed E-state index contributed by atoms with van der Waals surface area (Å²) in [4.78, 5) is 10.9. The Morgan fingerprint density at radius 1 is 0.800 bits per heavy atom. The summed E-state index contributed by atoms with van der Waals surface area (Å²) < 4.78 is 64.2. The fraction of sp³-hybridized carbons (Fsp3) is 0.150. The van der Waals surface area contributed by atoms with Gasteiger partial charge >= 0.3 is 39.0 Å².